The summed E-state index contributed by atoms with van der Waals surface area (Å²) >= 11 is 0. The molecular formula is C22H25N3O6. The largest absolute Gasteiger partial charge is 0.496 e. The molecule has 1 aliphatic rings. The first kappa shape index (κ1) is 22.1. The maximum atomic E-state index is 12.6. The molecule has 1 saturated heterocycles. The summed E-state index contributed by atoms with van der Waals surface area (Å²) in [6.07, 6.45) is 1.54. The highest BCUT2D eigenvalue weighted by atomic mass is 16.6. The number of nitro benzene ring substituents is 1. The lowest BCUT2D eigenvalue weighted by Crippen LogP contribution is -2.47. The first-order valence-corrected chi connectivity index (χ1v) is 10.0. The van der Waals surface area contributed by atoms with Gasteiger partial charge >= 0.3 is 5.69 Å². The highest BCUT2D eigenvalue weighted by Crippen LogP contribution is 2.25. The first-order chi connectivity index (χ1) is 15.0. The van der Waals surface area contributed by atoms with Crippen LogP contribution in [0, 0.1) is 10.1 Å². The van der Waals surface area contributed by atoms with Gasteiger partial charge in [-0.25, -0.2) is 0 Å². The van der Waals surface area contributed by atoms with E-state index >= 15 is 0 Å². The molecular weight excluding hydrogens is 402 g/mol. The zero-order valence-electron chi connectivity index (χ0n) is 17.3. The van der Waals surface area contributed by atoms with E-state index in [9.17, 15) is 19.7 Å². The molecule has 2 aromatic carbocycles. The van der Waals surface area contributed by atoms with E-state index in [2.05, 4.69) is 5.32 Å². The SMILES string of the molecule is COc1ccccc1CC(=O)N1CCC(NC(=O)COc2ccccc2[N+](=O)[O-])CC1. The van der Waals surface area contributed by atoms with E-state index in [-0.39, 0.29) is 42.3 Å². The van der Waals surface area contributed by atoms with E-state index in [4.69, 9.17) is 9.47 Å². The van der Waals surface area contributed by atoms with Gasteiger partial charge in [0.1, 0.15) is 5.75 Å². The Morgan fingerprint density at radius 3 is 2.42 bits per heavy atom. The molecule has 9 nitrogen and oxygen atoms in total. The van der Waals surface area contributed by atoms with Gasteiger partial charge in [0.15, 0.2) is 12.4 Å². The smallest absolute Gasteiger partial charge is 0.310 e. The van der Waals surface area contributed by atoms with E-state index in [1.807, 2.05) is 24.3 Å². The van der Waals surface area contributed by atoms with Crippen LogP contribution in [0.2, 0.25) is 0 Å². The van der Waals surface area contributed by atoms with Gasteiger partial charge in [0.25, 0.3) is 5.91 Å². The molecule has 1 heterocycles. The third-order valence-electron chi connectivity index (χ3n) is 5.17. The Hall–Kier alpha value is -3.62. The number of nitrogens with one attached hydrogen (secondary N) is 1. The summed E-state index contributed by atoms with van der Waals surface area (Å²) in [6.45, 7) is 0.783. The topological polar surface area (TPSA) is 111 Å². The maximum Gasteiger partial charge on any atom is 0.310 e. The van der Waals surface area contributed by atoms with Crippen LogP contribution in [-0.4, -0.2) is 54.5 Å². The van der Waals surface area contributed by atoms with Gasteiger partial charge in [-0.2, -0.15) is 0 Å². The molecule has 164 valence electrons. The van der Waals surface area contributed by atoms with Crippen LogP contribution in [0.5, 0.6) is 11.5 Å². The van der Waals surface area contributed by atoms with Gasteiger partial charge in [0.05, 0.1) is 18.5 Å². The van der Waals surface area contributed by atoms with Crippen LogP contribution in [0.25, 0.3) is 0 Å². The van der Waals surface area contributed by atoms with Crippen molar-refractivity contribution in [2.75, 3.05) is 26.8 Å². The molecule has 9 heteroatoms. The predicted molar refractivity (Wildman–Crippen MR) is 113 cm³/mol. The standard InChI is InChI=1S/C22H25N3O6/c1-30-19-8-4-2-6-16(19)14-22(27)24-12-10-17(11-13-24)23-21(26)15-31-20-9-5-3-7-18(20)25(28)29/h2-9,17H,10-15H2,1H3,(H,23,26). The predicted octanol–water partition coefficient (Wildman–Crippen LogP) is 2.33. The van der Waals surface area contributed by atoms with Crippen molar-refractivity contribution < 1.29 is 24.0 Å². The molecule has 0 spiro atoms. The van der Waals surface area contributed by atoms with E-state index < -0.39 is 4.92 Å². The van der Waals surface area contributed by atoms with Crippen LogP contribution in [-0.2, 0) is 16.0 Å². The average molecular weight is 427 g/mol. The second-order valence-electron chi connectivity index (χ2n) is 7.22. The minimum absolute atomic E-state index is 0.0222. The summed E-state index contributed by atoms with van der Waals surface area (Å²) in [5.74, 6) is 0.419. The number of hydrogen-bond donors (Lipinski definition) is 1. The Balaban J connectivity index is 1.44. The lowest BCUT2D eigenvalue weighted by molar-refractivity contribution is -0.385. The molecule has 2 aromatic rings. The Labute approximate surface area is 180 Å². The number of methoxy groups -OCH3 is 1. The van der Waals surface area contributed by atoms with E-state index in [0.29, 0.717) is 31.7 Å². The molecule has 1 aliphatic heterocycles. The fourth-order valence-electron chi connectivity index (χ4n) is 3.54. The van der Waals surface area contributed by atoms with Gasteiger partial charge in [-0.15, -0.1) is 0 Å². The summed E-state index contributed by atoms with van der Waals surface area (Å²) in [5.41, 5.74) is 0.662. The number of hydrogen-bond acceptors (Lipinski definition) is 6. The average Bonchev–Trinajstić information content (AvgIpc) is 2.78. The van der Waals surface area contributed by atoms with Crippen molar-refractivity contribution in [3.8, 4) is 11.5 Å². The number of carbonyl (C=O) groups is 2. The lowest BCUT2D eigenvalue weighted by Gasteiger charge is -2.32. The van der Waals surface area contributed by atoms with Crippen LogP contribution in [0.4, 0.5) is 5.69 Å². The molecule has 0 aromatic heterocycles. The monoisotopic (exact) mass is 427 g/mol. The van der Waals surface area contributed by atoms with Crippen molar-refractivity contribution in [1.29, 1.82) is 0 Å². The number of nitrogens with zero attached hydrogens (tertiary/aromatic N) is 2. The fraction of sp³-hybridized carbons (Fsp3) is 0.364. The Morgan fingerprint density at radius 2 is 1.74 bits per heavy atom. The quantitative estimate of drug-likeness (QED) is 0.511. The normalized spacial score (nSPS) is 14.0. The minimum Gasteiger partial charge on any atom is -0.496 e. The molecule has 0 atom stereocenters. The summed E-state index contributed by atoms with van der Waals surface area (Å²) in [4.78, 5) is 37.1. The van der Waals surface area contributed by atoms with Crippen molar-refractivity contribution in [2.24, 2.45) is 0 Å². The molecule has 1 fully saturated rings. The number of likely N-dealkylation sites (tertiary alicyclic amines) is 1. The van der Waals surface area contributed by atoms with Gasteiger partial charge in [0.2, 0.25) is 5.91 Å². The number of benzene rings is 2. The second-order valence-corrected chi connectivity index (χ2v) is 7.22. The van der Waals surface area contributed by atoms with Crippen LogP contribution in [0.3, 0.4) is 0 Å². The zero-order chi connectivity index (χ0) is 22.2. The molecule has 1 N–H and O–H groups in total. The van der Waals surface area contributed by atoms with Crippen molar-refractivity contribution in [2.45, 2.75) is 25.3 Å². The number of carbonyl (C=O) groups excluding carboxylic acids is 2. The maximum absolute atomic E-state index is 12.6. The summed E-state index contributed by atoms with van der Waals surface area (Å²) in [7, 11) is 1.58. The van der Waals surface area contributed by atoms with Crippen molar-refractivity contribution >= 4 is 17.5 Å². The third-order valence-corrected chi connectivity index (χ3v) is 5.17. The van der Waals surface area contributed by atoms with Crippen molar-refractivity contribution in [1.82, 2.24) is 10.2 Å². The van der Waals surface area contributed by atoms with Gasteiger partial charge in [-0.1, -0.05) is 30.3 Å². The van der Waals surface area contributed by atoms with Gasteiger partial charge < -0.3 is 19.7 Å². The molecule has 2 amide bonds. The van der Waals surface area contributed by atoms with Crippen LogP contribution >= 0.6 is 0 Å². The van der Waals surface area contributed by atoms with Gasteiger partial charge in [0, 0.05) is 30.8 Å². The van der Waals surface area contributed by atoms with E-state index in [1.54, 1.807) is 18.1 Å². The zero-order valence-corrected chi connectivity index (χ0v) is 17.3. The highest BCUT2D eigenvalue weighted by molar-refractivity contribution is 5.80. The number of amides is 2. The van der Waals surface area contributed by atoms with Crippen molar-refractivity contribution in [3.63, 3.8) is 0 Å². The van der Waals surface area contributed by atoms with E-state index in [1.165, 1.54) is 18.2 Å². The number of rotatable bonds is 8. The number of ether oxygens (including phenoxy) is 2. The molecule has 0 bridgehead atoms. The Morgan fingerprint density at radius 1 is 1.10 bits per heavy atom. The molecule has 0 aliphatic carbocycles. The number of para-hydroxylation sites is 3. The number of nitro groups is 1. The van der Waals surface area contributed by atoms with Gasteiger partial charge in [-0.05, 0) is 25.0 Å². The minimum atomic E-state index is -0.551. The number of piperidine rings is 1. The van der Waals surface area contributed by atoms with Crippen molar-refractivity contribution in [3.05, 3.63) is 64.2 Å². The highest BCUT2D eigenvalue weighted by Gasteiger charge is 2.25. The Kier molecular flexibility index (Phi) is 7.42. The first-order valence-electron chi connectivity index (χ1n) is 10.0. The summed E-state index contributed by atoms with van der Waals surface area (Å²) in [6, 6.07) is 13.3. The molecule has 0 saturated carbocycles. The van der Waals surface area contributed by atoms with Crippen LogP contribution < -0.4 is 14.8 Å². The van der Waals surface area contributed by atoms with Crippen LogP contribution in [0.15, 0.2) is 48.5 Å². The van der Waals surface area contributed by atoms with Gasteiger partial charge in [-0.3, -0.25) is 19.7 Å². The lowest BCUT2D eigenvalue weighted by atomic mass is 10.0. The molecule has 0 radical (unpaired) electrons. The molecule has 0 unspecified atom stereocenters. The summed E-state index contributed by atoms with van der Waals surface area (Å²) < 4.78 is 10.6. The Bertz CT molecular complexity index is 940. The second kappa shape index (κ2) is 10.4. The molecule has 31 heavy (non-hydrogen) atoms. The summed E-state index contributed by atoms with van der Waals surface area (Å²) in [5, 5.41) is 13.9. The van der Waals surface area contributed by atoms with Crippen LogP contribution in [0.1, 0.15) is 18.4 Å². The van der Waals surface area contributed by atoms with E-state index in [0.717, 1.165) is 5.56 Å². The third kappa shape index (κ3) is 5.94. The molecule has 3 rings (SSSR count). The fourth-order valence-corrected chi connectivity index (χ4v) is 3.54.